The summed E-state index contributed by atoms with van der Waals surface area (Å²) in [4.78, 5) is 47.1. The fourth-order valence-corrected chi connectivity index (χ4v) is 5.25. The van der Waals surface area contributed by atoms with E-state index in [1.807, 2.05) is 0 Å². The molecule has 28 heavy (non-hydrogen) atoms. The summed E-state index contributed by atoms with van der Waals surface area (Å²) in [5.74, 6) is -0.288. The predicted octanol–water partition coefficient (Wildman–Crippen LogP) is -0.454. The van der Waals surface area contributed by atoms with Crippen molar-refractivity contribution in [2.45, 2.75) is 24.9 Å². The van der Waals surface area contributed by atoms with Crippen molar-refractivity contribution in [2.75, 3.05) is 6.61 Å². The number of nitrogens with zero attached hydrogens (tertiary/aromatic N) is 1. The Labute approximate surface area is 156 Å². The molecular formula is C10H16NO14P3. The van der Waals surface area contributed by atoms with Gasteiger partial charge in [-0.1, -0.05) is 0 Å². The molecule has 1 saturated heterocycles. The van der Waals surface area contributed by atoms with E-state index in [2.05, 4.69) is 13.1 Å². The maximum absolute atomic E-state index is 11.8. The van der Waals surface area contributed by atoms with Gasteiger partial charge >= 0.3 is 23.5 Å². The number of phosphoric ester groups is 1. The molecule has 2 heterocycles. The molecule has 1 aromatic rings. The number of aromatic nitrogens is 1. The van der Waals surface area contributed by atoms with E-state index < -0.39 is 54.1 Å². The maximum Gasteiger partial charge on any atom is 0.490 e. The zero-order valence-corrected chi connectivity index (χ0v) is 16.3. The number of rotatable bonds is 8. The van der Waals surface area contributed by atoms with Crippen molar-refractivity contribution in [1.29, 1.82) is 0 Å². The predicted molar refractivity (Wildman–Crippen MR) is 86.7 cm³/mol. The molecule has 1 fully saturated rings. The molecule has 0 bridgehead atoms. The van der Waals surface area contributed by atoms with Crippen LogP contribution in [0.3, 0.4) is 0 Å². The van der Waals surface area contributed by atoms with Gasteiger partial charge in [0, 0.05) is 18.7 Å². The van der Waals surface area contributed by atoms with Crippen LogP contribution in [-0.2, 0) is 31.6 Å². The average molecular weight is 467 g/mol. The van der Waals surface area contributed by atoms with E-state index in [0.29, 0.717) is 0 Å². The van der Waals surface area contributed by atoms with Crippen molar-refractivity contribution in [3.63, 3.8) is 0 Å². The summed E-state index contributed by atoms with van der Waals surface area (Å²) >= 11 is 0. The van der Waals surface area contributed by atoms with Gasteiger partial charge in [0.1, 0.15) is 18.1 Å². The Morgan fingerprint density at radius 1 is 1.14 bits per heavy atom. The summed E-state index contributed by atoms with van der Waals surface area (Å²) < 4.78 is 51.2. The van der Waals surface area contributed by atoms with Gasteiger partial charge in [-0.25, -0.2) is 13.7 Å². The lowest BCUT2D eigenvalue weighted by atomic mass is 10.2. The highest BCUT2D eigenvalue weighted by atomic mass is 31.3. The first-order chi connectivity index (χ1) is 12.7. The number of aliphatic hydroxyl groups is 1. The van der Waals surface area contributed by atoms with Crippen LogP contribution in [0.2, 0.25) is 0 Å². The van der Waals surface area contributed by atoms with E-state index in [0.717, 1.165) is 10.6 Å². The largest absolute Gasteiger partial charge is 0.508 e. The van der Waals surface area contributed by atoms with E-state index in [4.69, 9.17) is 19.4 Å². The summed E-state index contributed by atoms with van der Waals surface area (Å²) in [6.07, 6.45) is -2.49. The summed E-state index contributed by atoms with van der Waals surface area (Å²) in [5.41, 5.74) is -0.647. The van der Waals surface area contributed by atoms with E-state index in [9.17, 15) is 33.6 Å². The van der Waals surface area contributed by atoms with Gasteiger partial charge in [-0.05, 0) is 6.07 Å². The topological polar surface area (TPSA) is 232 Å². The Morgan fingerprint density at radius 2 is 1.79 bits per heavy atom. The number of hydrogen-bond acceptors (Lipinski definition) is 10. The van der Waals surface area contributed by atoms with Crippen LogP contribution in [0.5, 0.6) is 5.75 Å². The fraction of sp³-hybridized carbons (Fsp3) is 0.500. The van der Waals surface area contributed by atoms with Crippen LogP contribution in [0.1, 0.15) is 12.6 Å². The highest BCUT2D eigenvalue weighted by Crippen LogP contribution is 2.66. The van der Waals surface area contributed by atoms with Gasteiger partial charge in [-0.15, -0.1) is 0 Å². The van der Waals surface area contributed by atoms with Crippen LogP contribution < -0.4 is 5.56 Å². The smallest absolute Gasteiger partial charge is 0.490 e. The van der Waals surface area contributed by atoms with Crippen LogP contribution >= 0.6 is 23.5 Å². The quantitative estimate of drug-likeness (QED) is 0.266. The number of ether oxygens (including phenoxy) is 1. The molecule has 0 aromatic carbocycles. The van der Waals surface area contributed by atoms with Crippen molar-refractivity contribution in [3.05, 3.63) is 28.7 Å². The molecule has 1 aliphatic heterocycles. The minimum Gasteiger partial charge on any atom is -0.508 e. The van der Waals surface area contributed by atoms with E-state index in [1.165, 1.54) is 12.3 Å². The lowest BCUT2D eigenvalue weighted by Crippen LogP contribution is -2.26. The second-order valence-corrected chi connectivity index (χ2v) is 9.87. The number of phosphoric acid groups is 3. The minimum absolute atomic E-state index is 0.130. The third-order valence-electron chi connectivity index (χ3n) is 3.26. The number of hydrogen-bond donors (Lipinski definition) is 6. The van der Waals surface area contributed by atoms with Crippen LogP contribution in [0, 0.1) is 0 Å². The third kappa shape index (κ3) is 6.85. The van der Waals surface area contributed by atoms with Gasteiger partial charge in [-0.3, -0.25) is 13.9 Å². The van der Waals surface area contributed by atoms with Crippen LogP contribution in [0.15, 0.2) is 23.1 Å². The molecule has 160 valence electrons. The average Bonchev–Trinajstić information content (AvgIpc) is 2.82. The Kier molecular flexibility index (Phi) is 7.04. The fourth-order valence-electron chi connectivity index (χ4n) is 2.22. The Hall–Kier alpha value is -0.920. The zero-order valence-electron chi connectivity index (χ0n) is 13.6. The van der Waals surface area contributed by atoms with E-state index in [-0.39, 0.29) is 12.2 Å². The summed E-state index contributed by atoms with van der Waals surface area (Å²) in [5, 5.41) is 19.2. The zero-order chi connectivity index (χ0) is 21.3. The summed E-state index contributed by atoms with van der Waals surface area (Å²) in [6, 6.07) is 2.09. The Morgan fingerprint density at radius 3 is 2.36 bits per heavy atom. The van der Waals surface area contributed by atoms with Gasteiger partial charge in [0.25, 0.3) is 5.56 Å². The Balaban J connectivity index is 1.98. The lowest BCUT2D eigenvalue weighted by Gasteiger charge is -2.19. The van der Waals surface area contributed by atoms with Crippen LogP contribution in [0.25, 0.3) is 0 Å². The van der Waals surface area contributed by atoms with Crippen LogP contribution in [-0.4, -0.2) is 53.2 Å². The molecule has 1 aliphatic rings. The molecule has 0 saturated carbocycles. The van der Waals surface area contributed by atoms with Gasteiger partial charge in [0.2, 0.25) is 0 Å². The number of aromatic hydroxyl groups is 1. The van der Waals surface area contributed by atoms with Crippen LogP contribution in [0.4, 0.5) is 0 Å². The van der Waals surface area contributed by atoms with Gasteiger partial charge in [0.05, 0.1) is 12.7 Å². The highest BCUT2D eigenvalue weighted by molar-refractivity contribution is 7.66. The summed E-state index contributed by atoms with van der Waals surface area (Å²) in [6.45, 7) is -0.853. The first-order valence-corrected chi connectivity index (χ1v) is 11.7. The van der Waals surface area contributed by atoms with Gasteiger partial charge in [0.15, 0.2) is 0 Å². The molecule has 1 aromatic heterocycles. The van der Waals surface area contributed by atoms with Crippen molar-refractivity contribution in [2.24, 2.45) is 0 Å². The first kappa shape index (κ1) is 23.4. The van der Waals surface area contributed by atoms with Crippen molar-refractivity contribution < 1.29 is 61.4 Å². The highest BCUT2D eigenvalue weighted by Gasteiger charge is 2.42. The van der Waals surface area contributed by atoms with Crippen molar-refractivity contribution >= 4 is 23.5 Å². The molecule has 18 heteroatoms. The third-order valence-corrected chi connectivity index (χ3v) is 7.07. The van der Waals surface area contributed by atoms with E-state index >= 15 is 0 Å². The Bertz CT molecular complexity index is 909. The molecule has 15 nitrogen and oxygen atoms in total. The monoisotopic (exact) mass is 467 g/mol. The second kappa shape index (κ2) is 8.44. The molecule has 0 spiro atoms. The molecule has 6 N–H and O–H groups in total. The summed E-state index contributed by atoms with van der Waals surface area (Å²) in [7, 11) is -16.5. The molecule has 0 radical (unpaired) electrons. The molecule has 2 rings (SSSR count). The van der Waals surface area contributed by atoms with Gasteiger partial charge in [-0.2, -0.15) is 8.62 Å². The molecule has 0 aliphatic carbocycles. The van der Waals surface area contributed by atoms with Crippen molar-refractivity contribution in [3.8, 4) is 5.75 Å². The molecule has 2 unspecified atom stereocenters. The standard InChI is InChI=1S/C10H16NO14P3/c12-6-1-2-11(9(14)3-6)10-4-7(13)8(23-10)5-22-27(18,19)25-28(20,21)24-26(15,16)17/h1-3,7-8,10,12-13H,4-5H2,(H,18,19)(H,20,21)(H2,15,16,17)/t7-,8+,10+/m0/s1. The first-order valence-electron chi connectivity index (χ1n) is 7.20. The van der Waals surface area contributed by atoms with Gasteiger partial charge < -0.3 is 34.5 Å². The molecular weight excluding hydrogens is 451 g/mol. The lowest BCUT2D eigenvalue weighted by molar-refractivity contribution is -0.0446. The van der Waals surface area contributed by atoms with E-state index in [1.54, 1.807) is 0 Å². The maximum atomic E-state index is 11.8. The molecule has 5 atom stereocenters. The second-order valence-electron chi connectivity index (χ2n) is 5.45. The molecule has 0 amide bonds. The number of aliphatic hydroxyl groups excluding tert-OH is 1. The normalized spacial score (nSPS) is 27.2. The SMILES string of the molecule is O=c1cc(O)ccn1[C@H]1C[C@H](O)[C@@H](COP(=O)(O)OP(=O)(O)OP(=O)(O)O)O1. The van der Waals surface area contributed by atoms with Crippen molar-refractivity contribution in [1.82, 2.24) is 4.57 Å². The number of pyridine rings is 1. The minimum atomic E-state index is -5.66.